The Balaban J connectivity index is 1.60. The highest BCUT2D eigenvalue weighted by Crippen LogP contribution is 2.34. The largest absolute Gasteiger partial charge is 0.494 e. The van der Waals surface area contributed by atoms with Crippen LogP contribution in [0.4, 0.5) is 13.2 Å². The van der Waals surface area contributed by atoms with E-state index in [1.54, 1.807) is 32.3 Å². The molecular formula is C27H25F3N6O3. The number of carbonyl (C=O) groups is 1. The zero-order valence-electron chi connectivity index (χ0n) is 21.2. The van der Waals surface area contributed by atoms with Crippen LogP contribution < -0.4 is 5.56 Å². The molecule has 0 radical (unpaired) electrons. The number of hydrogen-bond acceptors (Lipinski definition) is 6. The van der Waals surface area contributed by atoms with E-state index in [1.807, 2.05) is 0 Å². The number of likely N-dealkylation sites (tertiary alicyclic amines) is 1. The molecule has 0 spiro atoms. The molecule has 1 aromatic carbocycles. The molecule has 39 heavy (non-hydrogen) atoms. The van der Waals surface area contributed by atoms with Crippen LogP contribution in [0.2, 0.25) is 0 Å². The first-order valence-corrected chi connectivity index (χ1v) is 12.4. The lowest BCUT2D eigenvalue weighted by atomic mass is 10.0. The lowest BCUT2D eigenvalue weighted by Crippen LogP contribution is -2.35. The number of aromatic hydroxyl groups is 1. The van der Waals surface area contributed by atoms with E-state index in [9.17, 15) is 27.9 Å². The highest BCUT2D eigenvalue weighted by Gasteiger charge is 2.34. The van der Waals surface area contributed by atoms with Crippen LogP contribution in [-0.4, -0.2) is 53.3 Å². The van der Waals surface area contributed by atoms with E-state index in [0.29, 0.717) is 12.1 Å². The third-order valence-electron chi connectivity index (χ3n) is 6.87. The van der Waals surface area contributed by atoms with Gasteiger partial charge in [-0.3, -0.25) is 23.8 Å². The fraction of sp³-hybridized carbons (Fsp3) is 0.296. The molecule has 9 nitrogen and oxygen atoms in total. The average Bonchev–Trinajstić information content (AvgIpc) is 3.55. The number of benzene rings is 1. The minimum atomic E-state index is -0.960. The van der Waals surface area contributed by atoms with E-state index in [0.717, 1.165) is 24.4 Å². The summed E-state index contributed by atoms with van der Waals surface area (Å²) in [6.45, 7) is 2.20. The fourth-order valence-corrected chi connectivity index (χ4v) is 5.03. The van der Waals surface area contributed by atoms with Crippen molar-refractivity contribution in [2.45, 2.75) is 31.7 Å². The van der Waals surface area contributed by atoms with Gasteiger partial charge in [0.1, 0.15) is 23.1 Å². The van der Waals surface area contributed by atoms with E-state index < -0.39 is 46.4 Å². The minimum Gasteiger partial charge on any atom is -0.494 e. The molecule has 1 aliphatic rings. The predicted molar refractivity (Wildman–Crippen MR) is 135 cm³/mol. The molecule has 2 atom stereocenters. The molecule has 1 fully saturated rings. The van der Waals surface area contributed by atoms with Gasteiger partial charge in [0.15, 0.2) is 11.4 Å². The van der Waals surface area contributed by atoms with Crippen molar-refractivity contribution in [1.82, 2.24) is 29.2 Å². The first kappa shape index (κ1) is 26.1. The summed E-state index contributed by atoms with van der Waals surface area (Å²) in [5.74, 6) is -3.76. The van der Waals surface area contributed by atoms with Gasteiger partial charge in [0.2, 0.25) is 5.88 Å². The van der Waals surface area contributed by atoms with Crippen molar-refractivity contribution in [3.05, 3.63) is 93.4 Å². The molecule has 5 rings (SSSR count). The Hall–Kier alpha value is -4.48. The van der Waals surface area contributed by atoms with Crippen LogP contribution in [0.3, 0.4) is 0 Å². The summed E-state index contributed by atoms with van der Waals surface area (Å²) in [6.07, 6.45) is 3.47. The molecule has 1 aliphatic heterocycles. The third-order valence-corrected chi connectivity index (χ3v) is 6.87. The van der Waals surface area contributed by atoms with Gasteiger partial charge in [-0.15, -0.1) is 0 Å². The van der Waals surface area contributed by atoms with E-state index >= 15 is 0 Å². The summed E-state index contributed by atoms with van der Waals surface area (Å²) in [5.41, 5.74) is -0.510. The zero-order chi connectivity index (χ0) is 27.8. The summed E-state index contributed by atoms with van der Waals surface area (Å²) >= 11 is 0. The number of nitrogens with zero attached hydrogens (tertiary/aromatic N) is 6. The lowest BCUT2D eigenvalue weighted by Gasteiger charge is -2.25. The van der Waals surface area contributed by atoms with Gasteiger partial charge >= 0.3 is 0 Å². The second-order valence-corrected chi connectivity index (χ2v) is 9.45. The first-order valence-electron chi connectivity index (χ1n) is 12.4. The van der Waals surface area contributed by atoms with Crippen molar-refractivity contribution in [1.29, 1.82) is 0 Å². The topological polar surface area (TPSA) is 106 Å². The molecule has 4 heterocycles. The lowest BCUT2D eigenvalue weighted by molar-refractivity contribution is 0.0783. The smallest absolute Gasteiger partial charge is 0.290 e. The quantitative estimate of drug-likeness (QED) is 0.401. The Morgan fingerprint density at radius 2 is 1.87 bits per heavy atom. The van der Waals surface area contributed by atoms with Gasteiger partial charge in [0.25, 0.3) is 11.5 Å². The summed E-state index contributed by atoms with van der Waals surface area (Å²) in [5, 5.41) is 15.7. The molecule has 4 aromatic rings. The monoisotopic (exact) mass is 538 g/mol. The molecule has 1 unspecified atom stereocenters. The maximum atomic E-state index is 14.2. The van der Waals surface area contributed by atoms with Crippen LogP contribution in [0.15, 0.2) is 53.6 Å². The van der Waals surface area contributed by atoms with Crippen LogP contribution in [-0.2, 0) is 7.05 Å². The molecule has 1 amide bonds. The Kier molecular flexibility index (Phi) is 6.94. The Morgan fingerprint density at radius 3 is 2.49 bits per heavy atom. The Morgan fingerprint density at radius 1 is 1.13 bits per heavy atom. The molecule has 1 N–H and O–H groups in total. The highest BCUT2D eigenvalue weighted by atomic mass is 19.1. The van der Waals surface area contributed by atoms with Crippen molar-refractivity contribution >= 4 is 5.91 Å². The van der Waals surface area contributed by atoms with Crippen molar-refractivity contribution in [3.63, 3.8) is 0 Å². The van der Waals surface area contributed by atoms with Crippen molar-refractivity contribution in [2.24, 2.45) is 7.05 Å². The molecule has 12 heteroatoms. The summed E-state index contributed by atoms with van der Waals surface area (Å²) in [4.78, 5) is 36.4. The maximum Gasteiger partial charge on any atom is 0.290 e. The highest BCUT2D eigenvalue weighted by molar-refractivity contribution is 5.96. The summed E-state index contributed by atoms with van der Waals surface area (Å²) < 4.78 is 44.3. The average molecular weight is 539 g/mol. The predicted octanol–water partition coefficient (Wildman–Crippen LogP) is 3.79. The molecule has 3 aromatic heterocycles. The van der Waals surface area contributed by atoms with Crippen LogP contribution >= 0.6 is 0 Å². The molecule has 0 bridgehead atoms. The standard InChI is InChI=1S/C27H25F3N6O3/c1-3-22(16-10-18(29)12-19(30)11-16)36-24(21-7-8-34(2)33-21)32-25(37)23(27(36)39)26(38)35-9-6-15(14-35)20-5-4-17(28)13-31-20/h4-5,7-8,10-13,15,22,39H,3,6,9,14H2,1-2H3/t15?,22-/m0/s1. The Bertz CT molecular complexity index is 1580. The number of halogens is 3. The summed E-state index contributed by atoms with van der Waals surface area (Å²) in [7, 11) is 1.66. The minimum absolute atomic E-state index is 0.0546. The van der Waals surface area contributed by atoms with Crippen molar-refractivity contribution in [2.75, 3.05) is 13.1 Å². The second kappa shape index (κ2) is 10.4. The SMILES string of the molecule is CC[C@@H](c1cc(F)cc(F)c1)n1c(-c2ccn(C)n2)nc(=O)c(C(=O)N2CCC(c3ccc(F)cn3)C2)c1O. The normalized spacial score (nSPS) is 16.0. The second-order valence-electron chi connectivity index (χ2n) is 9.45. The molecular weight excluding hydrogens is 513 g/mol. The number of amides is 1. The van der Waals surface area contributed by atoms with Gasteiger partial charge < -0.3 is 10.0 Å². The van der Waals surface area contributed by atoms with Gasteiger partial charge in [-0.1, -0.05) is 6.92 Å². The number of aromatic nitrogens is 5. The van der Waals surface area contributed by atoms with Crippen LogP contribution in [0.1, 0.15) is 53.3 Å². The van der Waals surface area contributed by atoms with Crippen LogP contribution in [0.25, 0.3) is 11.5 Å². The van der Waals surface area contributed by atoms with Gasteiger partial charge in [-0.2, -0.15) is 10.1 Å². The fourth-order valence-electron chi connectivity index (χ4n) is 5.03. The van der Waals surface area contributed by atoms with Crippen LogP contribution in [0, 0.1) is 17.5 Å². The zero-order valence-corrected chi connectivity index (χ0v) is 21.2. The molecule has 1 saturated heterocycles. The van der Waals surface area contributed by atoms with E-state index in [4.69, 9.17) is 0 Å². The molecule has 202 valence electrons. The van der Waals surface area contributed by atoms with Gasteiger partial charge in [-0.25, -0.2) is 13.2 Å². The van der Waals surface area contributed by atoms with E-state index in [2.05, 4.69) is 15.1 Å². The van der Waals surface area contributed by atoms with Gasteiger partial charge in [-0.05, 0) is 48.7 Å². The number of hydrogen-bond donors (Lipinski definition) is 1. The van der Waals surface area contributed by atoms with Crippen molar-refractivity contribution in [3.8, 4) is 17.4 Å². The van der Waals surface area contributed by atoms with Gasteiger partial charge in [0, 0.05) is 44.0 Å². The molecule has 0 saturated carbocycles. The number of pyridine rings is 1. The van der Waals surface area contributed by atoms with Gasteiger partial charge in [0.05, 0.1) is 12.2 Å². The number of aryl methyl sites for hydroxylation is 1. The third kappa shape index (κ3) is 5.01. The van der Waals surface area contributed by atoms with Crippen LogP contribution in [0.5, 0.6) is 5.88 Å². The molecule has 0 aliphatic carbocycles. The first-order chi connectivity index (χ1) is 18.7. The Labute approximate surface area is 221 Å². The maximum absolute atomic E-state index is 14.2. The number of rotatable bonds is 6. The number of carbonyl (C=O) groups excluding carboxylic acids is 1. The van der Waals surface area contributed by atoms with E-state index in [1.165, 1.54) is 20.2 Å². The van der Waals surface area contributed by atoms with E-state index in [-0.39, 0.29) is 42.5 Å². The van der Waals surface area contributed by atoms with Crippen molar-refractivity contribution < 1.29 is 23.1 Å². The summed E-state index contributed by atoms with van der Waals surface area (Å²) in [6, 6.07) is 6.50.